The summed E-state index contributed by atoms with van der Waals surface area (Å²) in [5.74, 6) is 0.540. The number of imidazole rings is 1. The van der Waals surface area contributed by atoms with Gasteiger partial charge in [0.25, 0.3) is 0 Å². The minimum atomic E-state index is 0.540. The average molecular weight is 251 g/mol. The van der Waals surface area contributed by atoms with Crippen LogP contribution in [0.4, 0.5) is 5.95 Å². The normalized spacial score (nSPS) is 11.1. The minimum absolute atomic E-state index is 0.540. The topological polar surface area (TPSA) is 43.8 Å². The van der Waals surface area contributed by atoms with Gasteiger partial charge in [0.15, 0.2) is 0 Å². The van der Waals surface area contributed by atoms with Crippen molar-refractivity contribution < 1.29 is 0 Å². The fourth-order valence-corrected chi connectivity index (χ4v) is 2.49. The number of para-hydroxylation sites is 1. The van der Waals surface area contributed by atoms with Crippen molar-refractivity contribution >= 4 is 17.0 Å². The van der Waals surface area contributed by atoms with Crippen LogP contribution in [0.25, 0.3) is 16.7 Å². The standard InChI is InChI=1S/C16H17N3/c1-10-6-4-8-13(12(10)3)19-14-9-5-7-11(2)15(14)18-16(19)17/h4-9H,1-3H3,(H2,17,18). The fraction of sp³-hybridized carbons (Fsp3) is 0.188. The molecule has 0 aliphatic rings. The van der Waals surface area contributed by atoms with E-state index in [9.17, 15) is 0 Å². The first-order valence-electron chi connectivity index (χ1n) is 6.39. The van der Waals surface area contributed by atoms with E-state index in [4.69, 9.17) is 5.73 Å². The van der Waals surface area contributed by atoms with Crippen LogP contribution >= 0.6 is 0 Å². The maximum absolute atomic E-state index is 6.13. The Morgan fingerprint density at radius 3 is 2.42 bits per heavy atom. The highest BCUT2D eigenvalue weighted by Gasteiger charge is 2.13. The monoisotopic (exact) mass is 251 g/mol. The molecule has 2 N–H and O–H groups in total. The van der Waals surface area contributed by atoms with Gasteiger partial charge in [-0.1, -0.05) is 24.3 Å². The number of hydrogen-bond acceptors (Lipinski definition) is 2. The zero-order valence-corrected chi connectivity index (χ0v) is 11.4. The van der Waals surface area contributed by atoms with E-state index in [-0.39, 0.29) is 0 Å². The van der Waals surface area contributed by atoms with E-state index >= 15 is 0 Å². The summed E-state index contributed by atoms with van der Waals surface area (Å²) in [6.45, 7) is 6.29. The van der Waals surface area contributed by atoms with Gasteiger partial charge in [0.1, 0.15) is 0 Å². The third-order valence-corrected chi connectivity index (χ3v) is 3.73. The Balaban J connectivity index is 2.40. The molecule has 1 aromatic heterocycles. The minimum Gasteiger partial charge on any atom is -0.369 e. The van der Waals surface area contributed by atoms with E-state index in [2.05, 4.69) is 56.1 Å². The summed E-state index contributed by atoms with van der Waals surface area (Å²) in [4.78, 5) is 4.50. The van der Waals surface area contributed by atoms with Crippen LogP contribution in [0.15, 0.2) is 36.4 Å². The van der Waals surface area contributed by atoms with Gasteiger partial charge in [-0.3, -0.25) is 4.57 Å². The average Bonchev–Trinajstić information content (AvgIpc) is 2.71. The number of nitrogens with two attached hydrogens (primary N) is 1. The Kier molecular flexibility index (Phi) is 2.56. The molecule has 0 saturated heterocycles. The van der Waals surface area contributed by atoms with Crippen LogP contribution in [0.5, 0.6) is 0 Å². The molecule has 0 atom stereocenters. The number of nitrogen functional groups attached to an aromatic ring is 1. The molecule has 0 aliphatic carbocycles. The molecule has 0 bridgehead atoms. The van der Waals surface area contributed by atoms with Gasteiger partial charge in [0, 0.05) is 0 Å². The highest BCUT2D eigenvalue weighted by molar-refractivity contribution is 5.84. The van der Waals surface area contributed by atoms with Gasteiger partial charge in [-0.2, -0.15) is 0 Å². The van der Waals surface area contributed by atoms with E-state index in [1.807, 2.05) is 10.6 Å². The maximum Gasteiger partial charge on any atom is 0.205 e. The molecule has 0 aliphatic heterocycles. The van der Waals surface area contributed by atoms with Gasteiger partial charge >= 0.3 is 0 Å². The second kappa shape index (κ2) is 4.12. The molecular formula is C16H17N3. The number of hydrogen-bond donors (Lipinski definition) is 1. The van der Waals surface area contributed by atoms with Crippen molar-refractivity contribution in [3.05, 3.63) is 53.1 Å². The first kappa shape index (κ1) is 11.8. The number of nitrogens with zero attached hydrogens (tertiary/aromatic N) is 2. The molecule has 1 heterocycles. The van der Waals surface area contributed by atoms with Gasteiger partial charge in [-0.25, -0.2) is 4.98 Å². The van der Waals surface area contributed by atoms with Crippen molar-refractivity contribution in [2.45, 2.75) is 20.8 Å². The van der Waals surface area contributed by atoms with Gasteiger partial charge in [-0.05, 0) is 49.6 Å². The Hall–Kier alpha value is -2.29. The molecule has 0 fully saturated rings. The number of anilines is 1. The third-order valence-electron chi connectivity index (χ3n) is 3.73. The van der Waals surface area contributed by atoms with Gasteiger partial charge in [0.05, 0.1) is 16.7 Å². The number of benzene rings is 2. The van der Waals surface area contributed by atoms with Crippen LogP contribution in [0.2, 0.25) is 0 Å². The highest BCUT2D eigenvalue weighted by Crippen LogP contribution is 2.27. The molecule has 0 spiro atoms. The summed E-state index contributed by atoms with van der Waals surface area (Å²) in [6, 6.07) is 12.4. The fourth-order valence-electron chi connectivity index (χ4n) is 2.49. The molecule has 3 nitrogen and oxygen atoms in total. The summed E-state index contributed by atoms with van der Waals surface area (Å²) in [5, 5.41) is 0. The van der Waals surface area contributed by atoms with Crippen molar-refractivity contribution in [3.63, 3.8) is 0 Å². The molecule has 3 aromatic rings. The van der Waals surface area contributed by atoms with Crippen LogP contribution in [0.3, 0.4) is 0 Å². The quantitative estimate of drug-likeness (QED) is 0.719. The number of fused-ring (bicyclic) bond motifs is 1. The predicted molar refractivity (Wildman–Crippen MR) is 79.7 cm³/mol. The maximum atomic E-state index is 6.13. The SMILES string of the molecule is Cc1cccc(-n2c(N)nc3c(C)cccc32)c1C. The highest BCUT2D eigenvalue weighted by atomic mass is 15.2. The van der Waals surface area contributed by atoms with E-state index in [1.54, 1.807) is 0 Å². The molecule has 3 rings (SSSR count). The van der Waals surface area contributed by atoms with Crippen LogP contribution in [-0.2, 0) is 0 Å². The number of rotatable bonds is 1. The van der Waals surface area contributed by atoms with Gasteiger partial charge < -0.3 is 5.73 Å². The van der Waals surface area contributed by atoms with E-state index in [0.717, 1.165) is 22.3 Å². The molecule has 3 heteroatoms. The largest absolute Gasteiger partial charge is 0.369 e. The van der Waals surface area contributed by atoms with Crippen molar-refractivity contribution in [3.8, 4) is 5.69 Å². The van der Waals surface area contributed by atoms with Gasteiger partial charge in [-0.15, -0.1) is 0 Å². The zero-order chi connectivity index (χ0) is 13.6. The summed E-state index contributed by atoms with van der Waals surface area (Å²) in [6.07, 6.45) is 0. The van der Waals surface area contributed by atoms with Crippen molar-refractivity contribution in [2.75, 3.05) is 5.73 Å². The molecule has 2 aromatic carbocycles. The molecule has 0 saturated carbocycles. The predicted octanol–water partition coefficient (Wildman–Crippen LogP) is 3.53. The Labute approximate surface area is 112 Å². The molecule has 19 heavy (non-hydrogen) atoms. The van der Waals surface area contributed by atoms with E-state index < -0.39 is 0 Å². The Morgan fingerprint density at radius 2 is 1.63 bits per heavy atom. The lowest BCUT2D eigenvalue weighted by molar-refractivity contribution is 1.08. The zero-order valence-electron chi connectivity index (χ0n) is 11.4. The summed E-state index contributed by atoms with van der Waals surface area (Å²) in [5.41, 5.74) is 12.9. The number of aromatic nitrogens is 2. The van der Waals surface area contributed by atoms with Gasteiger partial charge in [0.2, 0.25) is 5.95 Å². The lowest BCUT2D eigenvalue weighted by Crippen LogP contribution is -2.03. The van der Waals surface area contributed by atoms with Crippen LogP contribution in [-0.4, -0.2) is 9.55 Å². The van der Waals surface area contributed by atoms with Crippen molar-refractivity contribution in [2.24, 2.45) is 0 Å². The molecule has 0 radical (unpaired) electrons. The molecule has 0 unspecified atom stereocenters. The smallest absolute Gasteiger partial charge is 0.205 e. The molecule has 96 valence electrons. The van der Waals surface area contributed by atoms with E-state index in [0.29, 0.717) is 5.95 Å². The van der Waals surface area contributed by atoms with Crippen molar-refractivity contribution in [1.82, 2.24) is 9.55 Å². The first-order valence-corrected chi connectivity index (χ1v) is 6.39. The summed E-state index contributed by atoms with van der Waals surface area (Å²) < 4.78 is 2.03. The molecular weight excluding hydrogens is 234 g/mol. The third kappa shape index (κ3) is 1.70. The van der Waals surface area contributed by atoms with Crippen LogP contribution < -0.4 is 5.73 Å². The lowest BCUT2D eigenvalue weighted by Gasteiger charge is -2.12. The first-order chi connectivity index (χ1) is 9.09. The summed E-state index contributed by atoms with van der Waals surface area (Å²) in [7, 11) is 0. The summed E-state index contributed by atoms with van der Waals surface area (Å²) >= 11 is 0. The van der Waals surface area contributed by atoms with Crippen molar-refractivity contribution in [1.29, 1.82) is 0 Å². The van der Waals surface area contributed by atoms with Crippen LogP contribution in [0.1, 0.15) is 16.7 Å². The lowest BCUT2D eigenvalue weighted by atomic mass is 10.1. The second-order valence-electron chi connectivity index (χ2n) is 4.97. The Morgan fingerprint density at radius 1 is 0.947 bits per heavy atom. The second-order valence-corrected chi connectivity index (χ2v) is 4.97. The molecule has 0 amide bonds. The van der Waals surface area contributed by atoms with Crippen LogP contribution in [0, 0.1) is 20.8 Å². The Bertz CT molecular complexity index is 769. The van der Waals surface area contributed by atoms with E-state index in [1.165, 1.54) is 11.1 Å². The number of aryl methyl sites for hydroxylation is 2.